The molecule has 0 bridgehead atoms. The topological polar surface area (TPSA) is 99.5 Å². The molecule has 0 fully saturated rings. The van der Waals surface area contributed by atoms with Gasteiger partial charge in [0.2, 0.25) is 0 Å². The summed E-state index contributed by atoms with van der Waals surface area (Å²) in [5.41, 5.74) is 2.47. The summed E-state index contributed by atoms with van der Waals surface area (Å²) in [7, 11) is 0. The van der Waals surface area contributed by atoms with Crippen LogP contribution in [0.1, 0.15) is 37.7 Å². The van der Waals surface area contributed by atoms with Crippen LogP contribution in [-0.2, 0) is 32.0 Å². The van der Waals surface area contributed by atoms with Gasteiger partial charge in [-0.2, -0.15) is 5.10 Å². The zero-order valence-electron chi connectivity index (χ0n) is 14.8. The minimum Gasteiger partial charge on any atom is -0.455 e. The van der Waals surface area contributed by atoms with Crippen molar-refractivity contribution in [2.24, 2.45) is 5.92 Å². The van der Waals surface area contributed by atoms with Crippen molar-refractivity contribution in [3.05, 3.63) is 17.0 Å². The van der Waals surface area contributed by atoms with Gasteiger partial charge in [0.1, 0.15) is 0 Å². The number of ether oxygens (including phenoxy) is 2. The number of alkyl carbamates (subject to hydrolysis) is 1. The van der Waals surface area contributed by atoms with E-state index in [1.165, 1.54) is 0 Å². The zero-order chi connectivity index (χ0) is 18.3. The summed E-state index contributed by atoms with van der Waals surface area (Å²) in [6, 6.07) is 0. The Bertz CT molecular complexity index is 607. The Labute approximate surface area is 141 Å². The minimum absolute atomic E-state index is 0.0302. The number of aryl methyl sites for hydroxylation is 1. The van der Waals surface area contributed by atoms with E-state index >= 15 is 0 Å². The number of aromatic nitrogens is 2. The molecule has 8 heteroatoms. The highest BCUT2D eigenvalue weighted by Crippen LogP contribution is 2.15. The van der Waals surface area contributed by atoms with Gasteiger partial charge in [-0.15, -0.1) is 0 Å². The van der Waals surface area contributed by atoms with Gasteiger partial charge in [0.25, 0.3) is 5.91 Å². The lowest BCUT2D eigenvalue weighted by molar-refractivity contribution is -0.147. The van der Waals surface area contributed by atoms with Gasteiger partial charge in [-0.25, -0.2) is 4.79 Å². The number of amides is 2. The van der Waals surface area contributed by atoms with Crippen LogP contribution in [0.3, 0.4) is 0 Å². The molecule has 1 heterocycles. The monoisotopic (exact) mass is 339 g/mol. The third-order valence-corrected chi connectivity index (χ3v) is 3.27. The summed E-state index contributed by atoms with van der Waals surface area (Å²) in [4.78, 5) is 34.4. The Morgan fingerprint density at radius 2 is 1.88 bits per heavy atom. The number of rotatable bonds is 7. The summed E-state index contributed by atoms with van der Waals surface area (Å²) in [5.74, 6) is -0.843. The predicted octanol–water partition coefficient (Wildman–Crippen LogP) is 1.51. The summed E-state index contributed by atoms with van der Waals surface area (Å²) in [5, 5.41) is 6.38. The lowest BCUT2D eigenvalue weighted by Gasteiger charge is -2.08. The molecule has 0 radical (unpaired) electrons. The fraction of sp³-hybridized carbons (Fsp3) is 0.625. The number of nitrogens with one attached hydrogen (secondary N) is 1. The smallest absolute Gasteiger partial charge is 0.413 e. The molecule has 1 rings (SSSR count). The molecule has 1 N–H and O–H groups in total. The Balaban J connectivity index is 2.55. The number of nitrogens with zero attached hydrogens (tertiary/aromatic N) is 2. The van der Waals surface area contributed by atoms with E-state index in [0.717, 1.165) is 23.5 Å². The number of imide groups is 1. The van der Waals surface area contributed by atoms with Gasteiger partial charge in [0, 0.05) is 17.8 Å². The van der Waals surface area contributed by atoms with E-state index in [1.807, 2.05) is 23.8 Å². The highest BCUT2D eigenvalue weighted by molar-refractivity contribution is 5.93. The molecule has 0 spiro atoms. The van der Waals surface area contributed by atoms with Crippen molar-refractivity contribution in [3.63, 3.8) is 0 Å². The van der Waals surface area contributed by atoms with E-state index < -0.39 is 24.6 Å². The first-order valence-electron chi connectivity index (χ1n) is 7.89. The highest BCUT2D eigenvalue weighted by atomic mass is 16.6. The summed E-state index contributed by atoms with van der Waals surface area (Å²) in [6.07, 6.45) is -0.831. The normalized spacial score (nSPS) is 10.6. The van der Waals surface area contributed by atoms with Crippen molar-refractivity contribution in [1.29, 1.82) is 0 Å². The standard InChI is InChI=1S/C16H25N3O5/c1-6-23-16(22)17-14(20)9-24-15(21)7-13-11(4)18-19(12(13)5)8-10(2)3/h10H,6-9H2,1-5H3,(H,17,20,22). The first kappa shape index (κ1) is 19.7. The lowest BCUT2D eigenvalue weighted by Crippen LogP contribution is -2.34. The molecule has 0 aliphatic carbocycles. The number of carbonyl (C=O) groups is 3. The quantitative estimate of drug-likeness (QED) is 0.756. The average molecular weight is 339 g/mol. The van der Waals surface area contributed by atoms with Crippen molar-refractivity contribution in [3.8, 4) is 0 Å². The highest BCUT2D eigenvalue weighted by Gasteiger charge is 2.17. The second-order valence-electron chi connectivity index (χ2n) is 5.83. The second kappa shape index (κ2) is 9.05. The van der Waals surface area contributed by atoms with Crippen LogP contribution in [0.25, 0.3) is 0 Å². The van der Waals surface area contributed by atoms with E-state index in [4.69, 9.17) is 4.74 Å². The molecule has 0 aliphatic heterocycles. The molecule has 0 saturated heterocycles. The molecule has 0 saturated carbocycles. The fourth-order valence-electron chi connectivity index (χ4n) is 2.17. The van der Waals surface area contributed by atoms with Crippen molar-refractivity contribution in [2.75, 3.05) is 13.2 Å². The van der Waals surface area contributed by atoms with E-state index in [0.29, 0.717) is 5.92 Å². The Hall–Kier alpha value is -2.38. The Morgan fingerprint density at radius 3 is 2.46 bits per heavy atom. The van der Waals surface area contributed by atoms with Gasteiger partial charge in [-0.1, -0.05) is 13.8 Å². The molecule has 1 aromatic heterocycles. The summed E-state index contributed by atoms with van der Waals surface area (Å²) >= 11 is 0. The number of hydrogen-bond donors (Lipinski definition) is 1. The SMILES string of the molecule is CCOC(=O)NC(=O)COC(=O)Cc1c(C)nn(CC(C)C)c1C. The molecule has 134 valence electrons. The molecule has 8 nitrogen and oxygen atoms in total. The predicted molar refractivity (Wildman–Crippen MR) is 86.4 cm³/mol. The Kier molecular flexibility index (Phi) is 7.41. The summed E-state index contributed by atoms with van der Waals surface area (Å²) < 4.78 is 11.3. The van der Waals surface area contributed by atoms with Crippen LogP contribution in [0.5, 0.6) is 0 Å². The maximum Gasteiger partial charge on any atom is 0.413 e. The van der Waals surface area contributed by atoms with E-state index in [-0.39, 0.29) is 13.0 Å². The van der Waals surface area contributed by atoms with Crippen LogP contribution < -0.4 is 5.32 Å². The van der Waals surface area contributed by atoms with Crippen LogP contribution in [-0.4, -0.2) is 41.0 Å². The summed E-state index contributed by atoms with van der Waals surface area (Å²) in [6.45, 7) is 9.92. The van der Waals surface area contributed by atoms with Crippen LogP contribution in [0.2, 0.25) is 0 Å². The second-order valence-corrected chi connectivity index (χ2v) is 5.83. The third-order valence-electron chi connectivity index (χ3n) is 3.27. The van der Waals surface area contributed by atoms with Crippen LogP contribution in [0, 0.1) is 19.8 Å². The first-order valence-corrected chi connectivity index (χ1v) is 7.89. The average Bonchev–Trinajstić information content (AvgIpc) is 2.72. The largest absolute Gasteiger partial charge is 0.455 e. The molecular weight excluding hydrogens is 314 g/mol. The van der Waals surface area contributed by atoms with Gasteiger partial charge in [-0.05, 0) is 26.7 Å². The van der Waals surface area contributed by atoms with Crippen molar-refractivity contribution >= 4 is 18.0 Å². The molecule has 0 atom stereocenters. The first-order chi connectivity index (χ1) is 11.2. The van der Waals surface area contributed by atoms with E-state index in [9.17, 15) is 14.4 Å². The van der Waals surface area contributed by atoms with E-state index in [2.05, 4.69) is 23.7 Å². The molecule has 0 aliphatic rings. The zero-order valence-corrected chi connectivity index (χ0v) is 14.8. The van der Waals surface area contributed by atoms with Crippen molar-refractivity contribution < 1.29 is 23.9 Å². The molecule has 0 aromatic carbocycles. The molecule has 0 unspecified atom stereocenters. The Morgan fingerprint density at radius 1 is 1.21 bits per heavy atom. The maximum atomic E-state index is 11.9. The van der Waals surface area contributed by atoms with Crippen molar-refractivity contribution in [1.82, 2.24) is 15.1 Å². The van der Waals surface area contributed by atoms with Gasteiger partial charge < -0.3 is 9.47 Å². The number of carbonyl (C=O) groups excluding carboxylic acids is 3. The van der Waals surface area contributed by atoms with Gasteiger partial charge in [0.15, 0.2) is 6.61 Å². The molecule has 24 heavy (non-hydrogen) atoms. The fourth-order valence-corrected chi connectivity index (χ4v) is 2.17. The number of hydrogen-bond acceptors (Lipinski definition) is 6. The van der Waals surface area contributed by atoms with Gasteiger partial charge in [0.05, 0.1) is 18.7 Å². The van der Waals surface area contributed by atoms with Crippen LogP contribution >= 0.6 is 0 Å². The molecule has 1 aromatic rings. The van der Waals surface area contributed by atoms with Crippen LogP contribution in [0.15, 0.2) is 0 Å². The molecule has 2 amide bonds. The minimum atomic E-state index is -0.861. The molecular formula is C16H25N3O5. The van der Waals surface area contributed by atoms with Gasteiger partial charge in [-0.3, -0.25) is 19.6 Å². The van der Waals surface area contributed by atoms with Crippen LogP contribution in [0.4, 0.5) is 4.79 Å². The lowest BCUT2D eigenvalue weighted by atomic mass is 10.1. The third kappa shape index (κ3) is 6.02. The van der Waals surface area contributed by atoms with E-state index in [1.54, 1.807) is 6.92 Å². The van der Waals surface area contributed by atoms with Crippen molar-refractivity contribution in [2.45, 2.75) is 47.6 Å². The maximum absolute atomic E-state index is 11.9. The number of esters is 1. The van der Waals surface area contributed by atoms with Gasteiger partial charge >= 0.3 is 12.1 Å².